The van der Waals surface area contributed by atoms with Crippen molar-refractivity contribution < 1.29 is 23.8 Å². The second-order valence-electron chi connectivity index (χ2n) is 10.6. The fraction of sp³-hybridized carbons (Fsp3) is 0.314. The van der Waals surface area contributed by atoms with Crippen LogP contribution in [-0.2, 0) is 20.9 Å². The number of rotatable bonds is 10. The molecule has 0 spiro atoms. The Morgan fingerprint density at radius 2 is 1.66 bits per heavy atom. The van der Waals surface area contributed by atoms with Gasteiger partial charge in [-0.05, 0) is 54.5 Å². The van der Waals surface area contributed by atoms with Crippen molar-refractivity contribution >= 4 is 11.8 Å². The minimum Gasteiger partial charge on any atom is -0.493 e. The predicted molar refractivity (Wildman–Crippen MR) is 159 cm³/mol. The molecule has 1 N–H and O–H groups in total. The molecule has 0 aromatic heterocycles. The van der Waals surface area contributed by atoms with Gasteiger partial charge in [-0.25, -0.2) is 4.79 Å². The summed E-state index contributed by atoms with van der Waals surface area (Å²) in [6.07, 6.45) is 2.77. The van der Waals surface area contributed by atoms with E-state index in [-0.39, 0.29) is 11.7 Å². The number of ether oxygens (including phenoxy) is 3. The number of unbranched alkanes of at least 4 members (excludes halogenated alkanes) is 1. The fourth-order valence-corrected chi connectivity index (χ4v) is 5.71. The Kier molecular flexibility index (Phi) is 8.88. The third-order valence-electron chi connectivity index (χ3n) is 7.81. The van der Waals surface area contributed by atoms with Crippen LogP contribution in [0.3, 0.4) is 0 Å². The first-order valence-corrected chi connectivity index (χ1v) is 14.3. The van der Waals surface area contributed by atoms with E-state index in [2.05, 4.69) is 24.4 Å². The Morgan fingerprint density at radius 1 is 0.927 bits per heavy atom. The number of ketones is 1. The third-order valence-corrected chi connectivity index (χ3v) is 7.81. The lowest BCUT2D eigenvalue weighted by molar-refractivity contribution is -0.139. The van der Waals surface area contributed by atoms with Crippen LogP contribution in [0.2, 0.25) is 0 Å². The Labute approximate surface area is 242 Å². The molecule has 0 saturated heterocycles. The molecule has 1 aliphatic carbocycles. The van der Waals surface area contributed by atoms with Gasteiger partial charge >= 0.3 is 5.97 Å². The van der Waals surface area contributed by atoms with E-state index < -0.39 is 11.9 Å². The first-order chi connectivity index (χ1) is 20.0. The molecular formula is C35H37NO5. The highest BCUT2D eigenvalue weighted by Crippen LogP contribution is 2.47. The Balaban J connectivity index is 1.52. The van der Waals surface area contributed by atoms with Gasteiger partial charge in [-0.1, -0.05) is 80.1 Å². The summed E-state index contributed by atoms with van der Waals surface area (Å²) in [5.74, 6) is 0.274. The summed E-state index contributed by atoms with van der Waals surface area (Å²) < 4.78 is 17.5. The number of methoxy groups -OCH3 is 1. The number of dihydropyridines is 1. The van der Waals surface area contributed by atoms with Gasteiger partial charge in [0.05, 0.1) is 19.3 Å². The largest absolute Gasteiger partial charge is 0.493 e. The lowest BCUT2D eigenvalue weighted by Crippen LogP contribution is -2.36. The molecule has 0 bridgehead atoms. The number of Topliss-reactive ketones (excluding diaryl/α,β-unsaturated/α-hetero) is 1. The van der Waals surface area contributed by atoms with Crippen molar-refractivity contribution in [2.45, 2.75) is 58.0 Å². The van der Waals surface area contributed by atoms with Crippen molar-refractivity contribution in [1.82, 2.24) is 5.32 Å². The van der Waals surface area contributed by atoms with Crippen LogP contribution in [-0.4, -0.2) is 25.5 Å². The van der Waals surface area contributed by atoms with Crippen molar-refractivity contribution in [3.8, 4) is 11.5 Å². The van der Waals surface area contributed by atoms with E-state index in [9.17, 15) is 9.59 Å². The zero-order chi connectivity index (χ0) is 28.8. The fourth-order valence-electron chi connectivity index (χ4n) is 5.71. The lowest BCUT2D eigenvalue weighted by atomic mass is 9.71. The monoisotopic (exact) mass is 551 g/mol. The quantitative estimate of drug-likeness (QED) is 0.217. The summed E-state index contributed by atoms with van der Waals surface area (Å²) in [5, 5.41) is 3.43. The van der Waals surface area contributed by atoms with Crippen molar-refractivity contribution in [2.24, 2.45) is 0 Å². The van der Waals surface area contributed by atoms with Crippen LogP contribution in [0.15, 0.2) is 101 Å². The maximum absolute atomic E-state index is 13.9. The SMILES string of the molecule is CCCCOC(=O)C1=C(C)NC2=C(C(=O)C[C@@H](c3ccccc3)C2)[C@H]1c1ccc(OCc2ccccc2)c(OC)c1. The van der Waals surface area contributed by atoms with Crippen LogP contribution >= 0.6 is 0 Å². The second kappa shape index (κ2) is 12.9. The molecule has 1 aliphatic heterocycles. The van der Waals surface area contributed by atoms with Gasteiger partial charge in [-0.3, -0.25) is 4.79 Å². The van der Waals surface area contributed by atoms with Gasteiger partial charge in [-0.15, -0.1) is 0 Å². The molecule has 6 heteroatoms. The van der Waals surface area contributed by atoms with Gasteiger partial charge in [0, 0.05) is 29.3 Å². The highest BCUT2D eigenvalue weighted by atomic mass is 16.5. The van der Waals surface area contributed by atoms with Gasteiger partial charge in [0.2, 0.25) is 0 Å². The summed E-state index contributed by atoms with van der Waals surface area (Å²) in [6.45, 7) is 4.67. The molecule has 0 amide bonds. The second-order valence-corrected chi connectivity index (χ2v) is 10.6. The van der Waals surface area contributed by atoms with Gasteiger partial charge in [0.1, 0.15) is 6.61 Å². The van der Waals surface area contributed by atoms with Crippen molar-refractivity contribution in [3.63, 3.8) is 0 Å². The van der Waals surface area contributed by atoms with Crippen LogP contribution in [0.5, 0.6) is 11.5 Å². The van der Waals surface area contributed by atoms with Crippen LogP contribution in [0.25, 0.3) is 0 Å². The van der Waals surface area contributed by atoms with E-state index in [1.807, 2.05) is 73.7 Å². The number of hydrogen-bond donors (Lipinski definition) is 1. The van der Waals surface area contributed by atoms with E-state index in [0.717, 1.165) is 35.2 Å². The number of benzene rings is 3. The lowest BCUT2D eigenvalue weighted by Gasteiger charge is -2.37. The molecule has 5 rings (SSSR count). The molecule has 3 aromatic carbocycles. The highest BCUT2D eigenvalue weighted by molar-refractivity contribution is 6.04. The Bertz CT molecular complexity index is 1460. The van der Waals surface area contributed by atoms with Crippen LogP contribution < -0.4 is 14.8 Å². The molecule has 212 valence electrons. The number of allylic oxidation sites excluding steroid dienone is 3. The molecule has 0 unspecified atom stereocenters. The zero-order valence-corrected chi connectivity index (χ0v) is 23.9. The molecule has 1 heterocycles. The average molecular weight is 552 g/mol. The van der Waals surface area contributed by atoms with Crippen LogP contribution in [0.4, 0.5) is 0 Å². The number of hydrogen-bond acceptors (Lipinski definition) is 6. The first kappa shape index (κ1) is 28.2. The van der Waals surface area contributed by atoms with E-state index >= 15 is 0 Å². The van der Waals surface area contributed by atoms with Gasteiger partial charge in [0.25, 0.3) is 0 Å². The zero-order valence-electron chi connectivity index (χ0n) is 23.9. The summed E-state index contributed by atoms with van der Waals surface area (Å²) in [4.78, 5) is 27.4. The summed E-state index contributed by atoms with van der Waals surface area (Å²) in [6, 6.07) is 25.7. The molecule has 6 nitrogen and oxygen atoms in total. The smallest absolute Gasteiger partial charge is 0.336 e. The van der Waals surface area contributed by atoms with E-state index in [1.54, 1.807) is 7.11 Å². The highest BCUT2D eigenvalue weighted by Gasteiger charge is 2.41. The molecule has 3 aromatic rings. The maximum Gasteiger partial charge on any atom is 0.336 e. The molecule has 0 fully saturated rings. The van der Waals surface area contributed by atoms with E-state index in [4.69, 9.17) is 14.2 Å². The molecule has 0 saturated carbocycles. The minimum atomic E-state index is -0.568. The molecule has 0 radical (unpaired) electrons. The van der Waals surface area contributed by atoms with Crippen molar-refractivity contribution in [2.75, 3.05) is 13.7 Å². The molecule has 2 aliphatic rings. The molecule has 2 atom stereocenters. The van der Waals surface area contributed by atoms with Crippen molar-refractivity contribution in [1.29, 1.82) is 0 Å². The van der Waals surface area contributed by atoms with Gasteiger partial charge in [-0.2, -0.15) is 0 Å². The summed E-state index contributed by atoms with van der Waals surface area (Å²) in [5.41, 5.74) is 5.64. The minimum absolute atomic E-state index is 0.0346. The topological polar surface area (TPSA) is 73.9 Å². The normalized spacial score (nSPS) is 18.5. The average Bonchev–Trinajstić information content (AvgIpc) is 3.00. The summed E-state index contributed by atoms with van der Waals surface area (Å²) in [7, 11) is 1.60. The van der Waals surface area contributed by atoms with E-state index in [1.165, 1.54) is 0 Å². The van der Waals surface area contributed by atoms with Gasteiger partial charge < -0.3 is 19.5 Å². The summed E-state index contributed by atoms with van der Waals surface area (Å²) >= 11 is 0. The standard InChI is InChI=1S/C35H37NO5/c1-4-5-18-40-35(38)32-23(2)36-28-19-27(25-14-10-7-11-15-25)20-29(37)34(28)33(32)26-16-17-30(31(21-26)39-3)41-22-24-12-8-6-9-13-24/h6-17,21,27,33,36H,4-5,18-20,22H2,1-3H3/t27-,33-/m0/s1. The first-order valence-electron chi connectivity index (χ1n) is 14.3. The van der Waals surface area contributed by atoms with Crippen LogP contribution in [0, 0.1) is 0 Å². The maximum atomic E-state index is 13.9. The Morgan fingerprint density at radius 3 is 2.37 bits per heavy atom. The number of esters is 1. The number of carbonyl (C=O) groups excluding carboxylic acids is 2. The van der Waals surface area contributed by atoms with Gasteiger partial charge in [0.15, 0.2) is 17.3 Å². The Hall–Kier alpha value is -4.32. The number of carbonyl (C=O) groups is 2. The van der Waals surface area contributed by atoms with Crippen LogP contribution in [0.1, 0.15) is 68.1 Å². The molecular weight excluding hydrogens is 514 g/mol. The third kappa shape index (κ3) is 6.22. The molecule has 41 heavy (non-hydrogen) atoms. The van der Waals surface area contributed by atoms with E-state index in [0.29, 0.717) is 54.4 Å². The van der Waals surface area contributed by atoms with Crippen molar-refractivity contribution in [3.05, 3.63) is 118 Å². The number of nitrogens with one attached hydrogen (secondary N) is 1. The predicted octanol–water partition coefficient (Wildman–Crippen LogP) is 6.98.